The number of carboxylic acid groups (broad SMARTS) is 1. The number of rotatable bonds is 6. The van der Waals surface area contributed by atoms with Crippen molar-refractivity contribution >= 4 is 22.6 Å². The molecule has 3 aromatic rings. The van der Waals surface area contributed by atoms with E-state index in [1.165, 1.54) is 13.3 Å². The number of nitrogens with one attached hydrogen (secondary N) is 2. The monoisotopic (exact) mass is 381 g/mol. The predicted octanol–water partition coefficient (Wildman–Crippen LogP) is 2.66. The lowest BCUT2D eigenvalue weighted by Crippen LogP contribution is -2.38. The van der Waals surface area contributed by atoms with Crippen molar-refractivity contribution < 1.29 is 19.8 Å². The van der Waals surface area contributed by atoms with Crippen LogP contribution in [0.2, 0.25) is 0 Å². The quantitative estimate of drug-likeness (QED) is 0.524. The van der Waals surface area contributed by atoms with Crippen molar-refractivity contribution in [3.63, 3.8) is 0 Å². The fourth-order valence-electron chi connectivity index (χ4n) is 3.23. The number of fused-ring (bicyclic) bond motifs is 1. The van der Waals surface area contributed by atoms with Gasteiger partial charge >= 0.3 is 5.97 Å². The van der Waals surface area contributed by atoms with Crippen LogP contribution in [0, 0.1) is 5.92 Å². The average Bonchev–Trinajstić information content (AvgIpc) is 3.21. The SMILES string of the molecule is CC(C)C(O)(c1ccc2cc(C(=O)N[C@H](C)C(=O)O)ccc2c1)c1cnc[nH]1. The highest BCUT2D eigenvalue weighted by molar-refractivity contribution is 6.00. The van der Waals surface area contributed by atoms with Crippen LogP contribution >= 0.6 is 0 Å². The smallest absolute Gasteiger partial charge is 0.325 e. The molecular formula is C21H23N3O4. The number of hydrogen-bond acceptors (Lipinski definition) is 4. The lowest BCUT2D eigenvalue weighted by Gasteiger charge is -2.32. The molecule has 4 N–H and O–H groups in total. The number of nitrogens with zero attached hydrogens (tertiary/aromatic N) is 1. The number of benzene rings is 2. The second-order valence-corrected chi connectivity index (χ2v) is 7.20. The Morgan fingerprint density at radius 1 is 1.11 bits per heavy atom. The number of carbonyl (C=O) groups is 2. The van der Waals surface area contributed by atoms with Crippen LogP contribution in [0.1, 0.15) is 42.4 Å². The minimum Gasteiger partial charge on any atom is -0.480 e. The Balaban J connectivity index is 1.97. The third-order valence-electron chi connectivity index (χ3n) is 5.00. The first-order valence-corrected chi connectivity index (χ1v) is 9.02. The molecule has 0 aliphatic rings. The van der Waals surface area contributed by atoms with Gasteiger partial charge in [0, 0.05) is 5.56 Å². The predicted molar refractivity (Wildman–Crippen MR) is 105 cm³/mol. The highest BCUT2D eigenvalue weighted by Crippen LogP contribution is 2.36. The molecule has 2 aromatic carbocycles. The standard InChI is InChI=1S/C21H23N3O4/c1-12(2)21(28,18-10-22-11-23-18)17-7-6-14-8-16(5-4-15(14)9-17)19(25)24-13(3)20(26)27/h4-13,28H,1-3H3,(H,22,23)(H,24,25)(H,26,27)/t13-,21?/m1/s1. The summed E-state index contributed by atoms with van der Waals surface area (Å²) in [5.41, 5.74) is 0.481. The molecule has 28 heavy (non-hydrogen) atoms. The number of amides is 1. The van der Waals surface area contributed by atoms with Gasteiger partial charge in [0.25, 0.3) is 5.91 Å². The Morgan fingerprint density at radius 3 is 2.39 bits per heavy atom. The minimum absolute atomic E-state index is 0.104. The lowest BCUT2D eigenvalue weighted by molar-refractivity contribution is -0.138. The number of carbonyl (C=O) groups excluding carboxylic acids is 1. The second-order valence-electron chi connectivity index (χ2n) is 7.20. The van der Waals surface area contributed by atoms with Crippen LogP contribution in [0.25, 0.3) is 10.8 Å². The summed E-state index contributed by atoms with van der Waals surface area (Å²) in [5, 5.41) is 24.4. The Hall–Kier alpha value is -3.19. The summed E-state index contributed by atoms with van der Waals surface area (Å²) in [6, 6.07) is 9.70. The van der Waals surface area contributed by atoms with Gasteiger partial charge in [-0.15, -0.1) is 0 Å². The molecule has 0 saturated heterocycles. The molecule has 146 valence electrons. The van der Waals surface area contributed by atoms with Crippen LogP contribution in [-0.4, -0.2) is 38.1 Å². The maximum atomic E-state index is 12.2. The van der Waals surface area contributed by atoms with E-state index in [4.69, 9.17) is 5.11 Å². The molecule has 0 radical (unpaired) electrons. The number of aliphatic carboxylic acids is 1. The van der Waals surface area contributed by atoms with Crippen LogP contribution in [0.3, 0.4) is 0 Å². The second kappa shape index (κ2) is 7.44. The van der Waals surface area contributed by atoms with Gasteiger partial charge in [-0.3, -0.25) is 9.59 Å². The van der Waals surface area contributed by atoms with Gasteiger partial charge in [0.2, 0.25) is 0 Å². The van der Waals surface area contributed by atoms with Crippen molar-refractivity contribution in [2.75, 3.05) is 0 Å². The first-order chi connectivity index (χ1) is 13.2. The molecule has 2 atom stereocenters. The van der Waals surface area contributed by atoms with E-state index in [1.54, 1.807) is 24.4 Å². The molecule has 0 aliphatic heterocycles. The third kappa shape index (κ3) is 3.48. The number of aromatic amines is 1. The molecule has 0 aliphatic carbocycles. The van der Waals surface area contributed by atoms with Gasteiger partial charge < -0.3 is 20.5 Å². The fourth-order valence-corrected chi connectivity index (χ4v) is 3.23. The van der Waals surface area contributed by atoms with Gasteiger partial charge in [0.1, 0.15) is 11.6 Å². The molecule has 1 amide bonds. The molecule has 1 heterocycles. The van der Waals surface area contributed by atoms with E-state index in [2.05, 4.69) is 15.3 Å². The number of hydrogen-bond donors (Lipinski definition) is 4. The number of aliphatic hydroxyl groups is 1. The van der Waals surface area contributed by atoms with E-state index in [1.807, 2.05) is 32.0 Å². The number of carboxylic acids is 1. The first kappa shape index (κ1) is 19.6. The Morgan fingerprint density at radius 2 is 1.79 bits per heavy atom. The van der Waals surface area contributed by atoms with E-state index >= 15 is 0 Å². The van der Waals surface area contributed by atoms with Crippen molar-refractivity contribution in [1.82, 2.24) is 15.3 Å². The molecule has 0 bridgehead atoms. The summed E-state index contributed by atoms with van der Waals surface area (Å²) >= 11 is 0. The van der Waals surface area contributed by atoms with Crippen LogP contribution in [0.15, 0.2) is 48.9 Å². The maximum absolute atomic E-state index is 12.2. The topological polar surface area (TPSA) is 115 Å². The molecule has 7 heteroatoms. The summed E-state index contributed by atoms with van der Waals surface area (Å²) in [4.78, 5) is 30.2. The molecule has 3 rings (SSSR count). The normalized spacial score (nSPS) is 14.6. The number of H-pyrrole nitrogens is 1. The van der Waals surface area contributed by atoms with E-state index in [0.717, 1.165) is 16.3 Å². The summed E-state index contributed by atoms with van der Waals surface area (Å²) in [6.07, 6.45) is 3.15. The van der Waals surface area contributed by atoms with Crippen molar-refractivity contribution in [3.05, 3.63) is 65.7 Å². The Bertz CT molecular complexity index is 1010. The van der Waals surface area contributed by atoms with E-state index in [9.17, 15) is 14.7 Å². The maximum Gasteiger partial charge on any atom is 0.325 e. The molecule has 1 aromatic heterocycles. The van der Waals surface area contributed by atoms with E-state index in [-0.39, 0.29) is 5.92 Å². The lowest BCUT2D eigenvalue weighted by atomic mass is 9.80. The zero-order valence-corrected chi connectivity index (χ0v) is 15.9. The largest absolute Gasteiger partial charge is 0.480 e. The Labute approximate surface area is 162 Å². The highest BCUT2D eigenvalue weighted by Gasteiger charge is 2.36. The van der Waals surface area contributed by atoms with Gasteiger partial charge in [0.05, 0.1) is 18.2 Å². The molecule has 0 saturated carbocycles. The van der Waals surface area contributed by atoms with Crippen LogP contribution in [-0.2, 0) is 10.4 Å². The summed E-state index contributed by atoms with van der Waals surface area (Å²) in [7, 11) is 0. The summed E-state index contributed by atoms with van der Waals surface area (Å²) < 4.78 is 0. The molecule has 0 fully saturated rings. The van der Waals surface area contributed by atoms with Gasteiger partial charge in [-0.2, -0.15) is 0 Å². The van der Waals surface area contributed by atoms with E-state index < -0.39 is 23.5 Å². The van der Waals surface area contributed by atoms with E-state index in [0.29, 0.717) is 11.3 Å². The molecule has 0 spiro atoms. The molecule has 1 unspecified atom stereocenters. The highest BCUT2D eigenvalue weighted by atomic mass is 16.4. The first-order valence-electron chi connectivity index (χ1n) is 9.02. The van der Waals surface area contributed by atoms with Crippen molar-refractivity contribution in [3.8, 4) is 0 Å². The summed E-state index contributed by atoms with van der Waals surface area (Å²) in [5.74, 6) is -1.64. The number of imidazole rings is 1. The molecule has 7 nitrogen and oxygen atoms in total. The fraction of sp³-hybridized carbons (Fsp3) is 0.286. The number of aromatic nitrogens is 2. The summed E-state index contributed by atoms with van der Waals surface area (Å²) in [6.45, 7) is 5.28. The van der Waals surface area contributed by atoms with Crippen LogP contribution in [0.5, 0.6) is 0 Å². The minimum atomic E-state index is -1.22. The zero-order valence-electron chi connectivity index (χ0n) is 15.9. The zero-order chi connectivity index (χ0) is 20.5. The van der Waals surface area contributed by atoms with Crippen molar-refractivity contribution in [2.24, 2.45) is 5.92 Å². The van der Waals surface area contributed by atoms with Crippen LogP contribution < -0.4 is 5.32 Å². The third-order valence-corrected chi connectivity index (χ3v) is 5.00. The van der Waals surface area contributed by atoms with Gasteiger partial charge in [0.15, 0.2) is 0 Å². The Kier molecular flexibility index (Phi) is 5.20. The van der Waals surface area contributed by atoms with Gasteiger partial charge in [-0.05, 0) is 47.4 Å². The van der Waals surface area contributed by atoms with Crippen molar-refractivity contribution in [1.29, 1.82) is 0 Å². The van der Waals surface area contributed by atoms with Gasteiger partial charge in [-0.1, -0.05) is 32.0 Å². The van der Waals surface area contributed by atoms with Crippen LogP contribution in [0.4, 0.5) is 0 Å². The van der Waals surface area contributed by atoms with Crippen molar-refractivity contribution in [2.45, 2.75) is 32.4 Å². The van der Waals surface area contributed by atoms with Gasteiger partial charge in [-0.25, -0.2) is 4.98 Å². The average molecular weight is 381 g/mol. The molecular weight excluding hydrogens is 358 g/mol.